The van der Waals surface area contributed by atoms with Crippen molar-refractivity contribution >= 4 is 30.7 Å². The van der Waals surface area contributed by atoms with Crippen molar-refractivity contribution in [2.75, 3.05) is 20.8 Å². The van der Waals surface area contributed by atoms with Gasteiger partial charge in [-0.25, -0.2) is 13.8 Å². The number of ether oxygens (including phenoxy) is 3. The molecule has 0 amide bonds. The number of fused-ring (bicyclic) bond motifs is 1. The molecule has 0 aliphatic heterocycles. The van der Waals surface area contributed by atoms with E-state index in [1.165, 1.54) is 14.2 Å². The normalized spacial score (nSPS) is 11.9. The first-order valence-electron chi connectivity index (χ1n) is 9.49. The zero-order valence-electron chi connectivity index (χ0n) is 17.7. The lowest BCUT2D eigenvalue weighted by Crippen LogP contribution is -2.22. The summed E-state index contributed by atoms with van der Waals surface area (Å²) in [6.07, 6.45) is 1.72. The highest BCUT2D eigenvalue weighted by atomic mass is 35.5. The van der Waals surface area contributed by atoms with Crippen LogP contribution >= 0.6 is 11.6 Å². The Hall–Kier alpha value is -2.16. The van der Waals surface area contributed by atoms with E-state index < -0.39 is 19.7 Å². The second-order valence-corrected chi connectivity index (χ2v) is 14.2. The third-order valence-electron chi connectivity index (χ3n) is 4.73. The van der Waals surface area contributed by atoms with E-state index in [1.54, 1.807) is 22.9 Å². The lowest BCUT2D eigenvalue weighted by atomic mass is 10.0. The van der Waals surface area contributed by atoms with Crippen LogP contribution in [0.25, 0.3) is 22.2 Å². The number of halogens is 3. The SMILES string of the molecule is COc1c(F)cc(F)c(OC)c1-c1cn(COCC[Si](C)(C)C)c2nc(Cl)ccc12. The number of hydrogen-bond donors (Lipinski definition) is 0. The van der Waals surface area contributed by atoms with E-state index in [0.29, 0.717) is 28.4 Å². The van der Waals surface area contributed by atoms with Crippen LogP contribution in [-0.2, 0) is 11.5 Å². The molecule has 0 bridgehead atoms. The molecule has 2 aromatic heterocycles. The average Bonchev–Trinajstić information content (AvgIpc) is 3.01. The molecule has 30 heavy (non-hydrogen) atoms. The zero-order chi connectivity index (χ0) is 22.1. The van der Waals surface area contributed by atoms with Crippen molar-refractivity contribution in [1.29, 1.82) is 0 Å². The van der Waals surface area contributed by atoms with Crippen LogP contribution in [0.15, 0.2) is 24.4 Å². The molecule has 0 aliphatic carbocycles. The standard InChI is InChI=1S/C21H25ClF2N2O3Si/c1-27-19-15(23)10-16(24)20(28-2)18(19)14-11-26(12-29-8-9-30(3,4)5)21-13(14)6-7-17(22)25-21/h6-7,10-11H,8-9,12H2,1-5H3. The molecule has 3 aromatic rings. The van der Waals surface area contributed by atoms with E-state index in [0.717, 1.165) is 12.1 Å². The Balaban J connectivity index is 2.12. The van der Waals surface area contributed by atoms with Crippen molar-refractivity contribution in [3.8, 4) is 22.6 Å². The number of methoxy groups -OCH3 is 2. The fourth-order valence-corrected chi connectivity index (χ4v) is 4.11. The van der Waals surface area contributed by atoms with E-state index >= 15 is 0 Å². The summed E-state index contributed by atoms with van der Waals surface area (Å²) in [5.74, 6) is -1.86. The fraction of sp³-hybridized carbons (Fsp3) is 0.381. The lowest BCUT2D eigenvalue weighted by Gasteiger charge is -2.15. The Morgan fingerprint density at radius 1 is 1.07 bits per heavy atom. The Morgan fingerprint density at radius 2 is 1.70 bits per heavy atom. The Kier molecular flexibility index (Phi) is 6.69. The van der Waals surface area contributed by atoms with Crippen LogP contribution in [-0.4, -0.2) is 38.5 Å². The summed E-state index contributed by atoms with van der Waals surface area (Å²) in [5.41, 5.74) is 1.22. The van der Waals surface area contributed by atoms with Gasteiger partial charge < -0.3 is 18.8 Å². The van der Waals surface area contributed by atoms with Gasteiger partial charge >= 0.3 is 0 Å². The number of pyridine rings is 1. The first-order chi connectivity index (χ1) is 14.2. The van der Waals surface area contributed by atoms with Gasteiger partial charge in [0.2, 0.25) is 0 Å². The highest BCUT2D eigenvalue weighted by molar-refractivity contribution is 6.76. The topological polar surface area (TPSA) is 45.5 Å². The molecule has 1 aromatic carbocycles. The van der Waals surface area contributed by atoms with Gasteiger partial charge in [0, 0.05) is 37.9 Å². The lowest BCUT2D eigenvalue weighted by molar-refractivity contribution is 0.0899. The molecule has 162 valence electrons. The summed E-state index contributed by atoms with van der Waals surface area (Å²) in [6.45, 7) is 7.68. The molecule has 0 saturated carbocycles. The third kappa shape index (κ3) is 4.60. The van der Waals surface area contributed by atoms with Gasteiger partial charge in [-0.2, -0.15) is 0 Å². The van der Waals surface area contributed by atoms with Crippen LogP contribution < -0.4 is 9.47 Å². The largest absolute Gasteiger partial charge is 0.493 e. The maximum atomic E-state index is 14.5. The maximum Gasteiger partial charge on any atom is 0.168 e. The number of nitrogens with zero attached hydrogens (tertiary/aromatic N) is 2. The molecule has 0 unspecified atom stereocenters. The quantitative estimate of drug-likeness (QED) is 0.239. The van der Waals surface area contributed by atoms with Gasteiger partial charge in [0.25, 0.3) is 0 Å². The number of aromatic nitrogens is 2. The molecule has 0 atom stereocenters. The minimum atomic E-state index is -1.23. The van der Waals surface area contributed by atoms with Crippen LogP contribution in [0.2, 0.25) is 30.8 Å². The summed E-state index contributed by atoms with van der Waals surface area (Å²) in [7, 11) is 1.42. The van der Waals surface area contributed by atoms with Crippen molar-refractivity contribution in [2.24, 2.45) is 0 Å². The first-order valence-corrected chi connectivity index (χ1v) is 13.6. The second-order valence-electron chi connectivity index (χ2n) is 8.15. The molecule has 0 aliphatic rings. The van der Waals surface area contributed by atoms with Gasteiger partial charge in [-0.1, -0.05) is 31.2 Å². The molecule has 3 rings (SSSR count). The predicted molar refractivity (Wildman–Crippen MR) is 117 cm³/mol. The zero-order valence-corrected chi connectivity index (χ0v) is 19.4. The summed E-state index contributed by atoms with van der Waals surface area (Å²) >= 11 is 6.11. The summed E-state index contributed by atoms with van der Waals surface area (Å²) < 4.78 is 47.0. The smallest absolute Gasteiger partial charge is 0.168 e. The van der Waals surface area contributed by atoms with Crippen molar-refractivity contribution in [2.45, 2.75) is 32.4 Å². The summed E-state index contributed by atoms with van der Waals surface area (Å²) in [5, 5.41) is 0.953. The van der Waals surface area contributed by atoms with E-state index in [4.69, 9.17) is 25.8 Å². The molecule has 2 heterocycles. The van der Waals surface area contributed by atoms with E-state index in [9.17, 15) is 8.78 Å². The van der Waals surface area contributed by atoms with Gasteiger partial charge in [-0.05, 0) is 18.2 Å². The molecule has 0 saturated heterocycles. The molecular formula is C21H25ClF2N2O3Si. The summed E-state index contributed by atoms with van der Waals surface area (Å²) in [4.78, 5) is 4.39. The number of benzene rings is 1. The molecule has 5 nitrogen and oxygen atoms in total. The van der Waals surface area contributed by atoms with Crippen LogP contribution in [0.3, 0.4) is 0 Å². The van der Waals surface area contributed by atoms with Crippen molar-refractivity contribution in [3.05, 3.63) is 41.2 Å². The molecular weight excluding hydrogens is 430 g/mol. The van der Waals surface area contributed by atoms with Gasteiger partial charge in [0.05, 0.1) is 19.8 Å². The molecule has 0 fully saturated rings. The predicted octanol–water partition coefficient (Wildman–Crippen LogP) is 5.96. The van der Waals surface area contributed by atoms with Crippen LogP contribution in [0.5, 0.6) is 11.5 Å². The Labute approximate surface area is 180 Å². The molecule has 0 N–H and O–H groups in total. The van der Waals surface area contributed by atoms with Crippen LogP contribution in [0.4, 0.5) is 8.78 Å². The third-order valence-corrected chi connectivity index (χ3v) is 6.65. The Morgan fingerprint density at radius 3 is 2.27 bits per heavy atom. The van der Waals surface area contributed by atoms with E-state index in [2.05, 4.69) is 24.6 Å². The molecule has 0 spiro atoms. The van der Waals surface area contributed by atoms with Crippen molar-refractivity contribution < 1.29 is 23.0 Å². The molecule has 0 radical (unpaired) electrons. The van der Waals surface area contributed by atoms with Gasteiger partial charge in [0.15, 0.2) is 23.1 Å². The average molecular weight is 455 g/mol. The highest BCUT2D eigenvalue weighted by Crippen LogP contribution is 2.45. The first kappa shape index (κ1) is 22.5. The Bertz CT molecular complexity index is 1040. The van der Waals surface area contributed by atoms with E-state index in [-0.39, 0.29) is 23.8 Å². The van der Waals surface area contributed by atoms with E-state index in [1.807, 2.05) is 0 Å². The fourth-order valence-electron chi connectivity index (χ4n) is 3.21. The van der Waals surface area contributed by atoms with Crippen molar-refractivity contribution in [3.63, 3.8) is 0 Å². The van der Waals surface area contributed by atoms with Crippen LogP contribution in [0, 0.1) is 11.6 Å². The molecule has 9 heteroatoms. The van der Waals surface area contributed by atoms with Gasteiger partial charge in [-0.15, -0.1) is 0 Å². The van der Waals surface area contributed by atoms with Crippen molar-refractivity contribution in [1.82, 2.24) is 9.55 Å². The highest BCUT2D eigenvalue weighted by Gasteiger charge is 2.25. The minimum absolute atomic E-state index is 0.109. The van der Waals surface area contributed by atoms with Gasteiger partial charge in [-0.3, -0.25) is 0 Å². The monoisotopic (exact) mass is 454 g/mol. The maximum absolute atomic E-state index is 14.5. The van der Waals surface area contributed by atoms with Crippen LogP contribution in [0.1, 0.15) is 0 Å². The minimum Gasteiger partial charge on any atom is -0.493 e. The van der Waals surface area contributed by atoms with Gasteiger partial charge in [0.1, 0.15) is 17.5 Å². The number of hydrogen-bond acceptors (Lipinski definition) is 4. The number of rotatable bonds is 8. The second kappa shape index (κ2) is 8.91. The summed E-state index contributed by atoms with van der Waals surface area (Å²) in [6, 6.07) is 5.14.